The van der Waals surface area contributed by atoms with Gasteiger partial charge in [-0.25, -0.2) is 4.79 Å². The van der Waals surface area contributed by atoms with Crippen molar-refractivity contribution in [2.45, 2.75) is 26.4 Å². The van der Waals surface area contributed by atoms with E-state index in [9.17, 15) is 9.90 Å². The Morgan fingerprint density at radius 2 is 2.14 bits per heavy atom. The third-order valence-electron chi connectivity index (χ3n) is 1.41. The maximum atomic E-state index is 11.5. The second kappa shape index (κ2) is 3.65. The normalized spacial score (nSPS) is 11.4. The third kappa shape index (κ3) is 2.51. The van der Waals surface area contributed by atoms with Gasteiger partial charge >= 0.3 is 5.97 Å². The minimum atomic E-state index is -0.569. The van der Waals surface area contributed by atoms with E-state index in [2.05, 4.69) is 20.9 Å². The monoisotopic (exact) mass is 261 g/mol. The van der Waals surface area contributed by atoms with Crippen LogP contribution in [0.5, 0.6) is 5.75 Å². The number of hydrogen-bond acceptors (Lipinski definition) is 3. The van der Waals surface area contributed by atoms with Crippen LogP contribution in [-0.2, 0) is 4.74 Å². The Morgan fingerprint density at radius 1 is 1.57 bits per heavy atom. The van der Waals surface area contributed by atoms with Crippen molar-refractivity contribution in [2.24, 2.45) is 0 Å². The van der Waals surface area contributed by atoms with Crippen molar-refractivity contribution in [3.63, 3.8) is 0 Å². The zero-order valence-electron chi connectivity index (χ0n) is 8.22. The van der Waals surface area contributed by atoms with Crippen molar-refractivity contribution in [1.82, 2.24) is 4.98 Å². The van der Waals surface area contributed by atoms with Crippen LogP contribution in [-0.4, -0.2) is 21.7 Å². The lowest BCUT2D eigenvalue weighted by atomic mass is 10.2. The van der Waals surface area contributed by atoms with Crippen LogP contribution in [0.4, 0.5) is 0 Å². The van der Waals surface area contributed by atoms with E-state index in [1.807, 2.05) is 0 Å². The summed E-state index contributed by atoms with van der Waals surface area (Å²) in [6.45, 7) is 5.29. The molecule has 0 radical (unpaired) electrons. The second-order valence-electron chi connectivity index (χ2n) is 3.86. The van der Waals surface area contributed by atoms with Crippen LogP contribution < -0.4 is 0 Å². The largest absolute Gasteiger partial charge is 0.504 e. The summed E-state index contributed by atoms with van der Waals surface area (Å²) in [5.41, 5.74) is -0.506. The molecule has 0 saturated carbocycles. The molecule has 0 aromatic carbocycles. The number of H-pyrrole nitrogens is 1. The molecule has 0 atom stereocenters. The molecule has 1 aromatic rings. The predicted octanol–water partition coefficient (Wildman–Crippen LogP) is 2.44. The molecule has 1 aromatic heterocycles. The summed E-state index contributed by atoms with van der Waals surface area (Å²) in [4.78, 5) is 14.1. The van der Waals surface area contributed by atoms with Gasteiger partial charge in [-0.2, -0.15) is 0 Å². The summed E-state index contributed by atoms with van der Waals surface area (Å²) < 4.78 is 5.51. The smallest absolute Gasteiger partial charge is 0.359 e. The zero-order chi connectivity index (χ0) is 10.9. The number of carbonyl (C=O) groups excluding carboxylic acids is 1. The molecule has 0 aliphatic rings. The molecule has 0 saturated heterocycles. The van der Waals surface area contributed by atoms with Gasteiger partial charge in [0.15, 0.2) is 11.4 Å². The molecule has 14 heavy (non-hydrogen) atoms. The third-order valence-corrected chi connectivity index (χ3v) is 2.01. The Hall–Kier alpha value is -0.970. The molecule has 5 heteroatoms. The van der Waals surface area contributed by atoms with Crippen LogP contribution in [0.2, 0.25) is 0 Å². The molecule has 1 rings (SSSR count). The fraction of sp³-hybridized carbons (Fsp3) is 0.444. The molecule has 0 spiro atoms. The molecule has 78 valence electrons. The number of rotatable bonds is 1. The van der Waals surface area contributed by atoms with Crippen LogP contribution in [0.1, 0.15) is 31.3 Å². The molecular weight excluding hydrogens is 250 g/mol. The van der Waals surface area contributed by atoms with Crippen LogP contribution >= 0.6 is 15.9 Å². The van der Waals surface area contributed by atoms with E-state index in [1.165, 1.54) is 6.20 Å². The Morgan fingerprint density at radius 3 is 2.50 bits per heavy atom. The van der Waals surface area contributed by atoms with Crippen LogP contribution in [0.25, 0.3) is 0 Å². The molecule has 0 fully saturated rings. The molecule has 0 unspecified atom stereocenters. The summed E-state index contributed by atoms with van der Waals surface area (Å²) in [5.74, 6) is -0.694. The standard InChI is InChI=1S/C9H12BrNO3/c1-9(2,3)14-8(13)6-7(12)5(10)4-11-6/h4,11-12H,1-3H3. The Labute approximate surface area is 90.4 Å². The number of halogens is 1. The van der Waals surface area contributed by atoms with Gasteiger partial charge in [0.1, 0.15) is 5.60 Å². The highest BCUT2D eigenvalue weighted by atomic mass is 79.9. The van der Waals surface area contributed by atoms with Gasteiger partial charge in [0.2, 0.25) is 0 Å². The number of aromatic hydroxyl groups is 1. The van der Waals surface area contributed by atoms with Crippen LogP contribution in [0.3, 0.4) is 0 Å². The number of aromatic amines is 1. The molecule has 0 aliphatic heterocycles. The highest BCUT2D eigenvalue weighted by Gasteiger charge is 2.22. The maximum Gasteiger partial charge on any atom is 0.359 e. The van der Waals surface area contributed by atoms with E-state index >= 15 is 0 Å². The lowest BCUT2D eigenvalue weighted by Crippen LogP contribution is -2.24. The molecule has 4 nitrogen and oxygen atoms in total. The molecule has 0 bridgehead atoms. The van der Waals surface area contributed by atoms with Gasteiger partial charge in [0.25, 0.3) is 0 Å². The molecule has 0 amide bonds. The number of esters is 1. The van der Waals surface area contributed by atoms with Crippen molar-refractivity contribution in [2.75, 3.05) is 0 Å². The van der Waals surface area contributed by atoms with Crippen molar-refractivity contribution >= 4 is 21.9 Å². The van der Waals surface area contributed by atoms with Gasteiger partial charge in [-0.3, -0.25) is 0 Å². The first-order chi connectivity index (χ1) is 6.31. The summed E-state index contributed by atoms with van der Waals surface area (Å²) in [5, 5.41) is 9.43. The fourth-order valence-electron chi connectivity index (χ4n) is 0.876. The van der Waals surface area contributed by atoms with E-state index in [0.717, 1.165) is 0 Å². The maximum absolute atomic E-state index is 11.5. The summed E-state index contributed by atoms with van der Waals surface area (Å²) >= 11 is 3.07. The van der Waals surface area contributed by atoms with Gasteiger partial charge in [0, 0.05) is 6.20 Å². The van der Waals surface area contributed by atoms with Gasteiger partial charge in [0.05, 0.1) is 4.47 Å². The first-order valence-electron chi connectivity index (χ1n) is 4.10. The number of hydrogen-bond donors (Lipinski definition) is 2. The van der Waals surface area contributed by atoms with Crippen molar-refractivity contribution in [3.05, 3.63) is 16.4 Å². The Balaban J connectivity index is 2.86. The van der Waals surface area contributed by atoms with Crippen molar-refractivity contribution < 1.29 is 14.6 Å². The first kappa shape index (κ1) is 11.1. The topological polar surface area (TPSA) is 62.3 Å². The quantitative estimate of drug-likeness (QED) is 0.764. The first-order valence-corrected chi connectivity index (χ1v) is 4.90. The number of carbonyl (C=O) groups is 1. The average molecular weight is 262 g/mol. The van der Waals surface area contributed by atoms with E-state index in [0.29, 0.717) is 4.47 Å². The number of aromatic nitrogens is 1. The van der Waals surface area contributed by atoms with Crippen LogP contribution in [0, 0.1) is 0 Å². The average Bonchev–Trinajstić information content (AvgIpc) is 2.29. The van der Waals surface area contributed by atoms with Gasteiger partial charge in [-0.1, -0.05) is 0 Å². The summed E-state index contributed by atoms with van der Waals surface area (Å²) in [6.07, 6.45) is 1.48. The number of ether oxygens (including phenoxy) is 1. The van der Waals surface area contributed by atoms with Gasteiger partial charge in [-0.15, -0.1) is 0 Å². The lowest BCUT2D eigenvalue weighted by molar-refractivity contribution is 0.00608. The predicted molar refractivity (Wildman–Crippen MR) is 55.3 cm³/mol. The van der Waals surface area contributed by atoms with E-state index in [4.69, 9.17) is 4.74 Å². The second-order valence-corrected chi connectivity index (χ2v) is 4.72. The SMILES string of the molecule is CC(C)(C)OC(=O)c1[nH]cc(Br)c1O. The minimum Gasteiger partial charge on any atom is -0.504 e. The van der Waals surface area contributed by atoms with Crippen molar-refractivity contribution in [1.29, 1.82) is 0 Å². The highest BCUT2D eigenvalue weighted by Crippen LogP contribution is 2.28. The Kier molecular flexibility index (Phi) is 2.89. The number of nitrogens with one attached hydrogen (secondary N) is 1. The zero-order valence-corrected chi connectivity index (χ0v) is 9.81. The highest BCUT2D eigenvalue weighted by molar-refractivity contribution is 9.10. The Bertz CT molecular complexity index is 351. The summed E-state index contributed by atoms with van der Waals surface area (Å²) in [7, 11) is 0. The van der Waals surface area contributed by atoms with Crippen molar-refractivity contribution in [3.8, 4) is 5.75 Å². The van der Waals surface area contributed by atoms with Crippen LogP contribution in [0.15, 0.2) is 10.7 Å². The minimum absolute atomic E-state index is 0.0619. The van der Waals surface area contributed by atoms with Gasteiger partial charge < -0.3 is 14.8 Å². The van der Waals surface area contributed by atoms with Gasteiger partial charge in [-0.05, 0) is 36.7 Å². The molecule has 0 aliphatic carbocycles. The van der Waals surface area contributed by atoms with E-state index < -0.39 is 11.6 Å². The summed E-state index contributed by atoms with van der Waals surface area (Å²) in [6, 6.07) is 0. The van der Waals surface area contributed by atoms with E-state index in [1.54, 1.807) is 20.8 Å². The molecule has 1 heterocycles. The lowest BCUT2D eigenvalue weighted by Gasteiger charge is -2.18. The fourth-order valence-corrected chi connectivity index (χ4v) is 1.19. The van der Waals surface area contributed by atoms with E-state index in [-0.39, 0.29) is 11.4 Å². The molecular formula is C9H12BrNO3. The molecule has 2 N–H and O–H groups in total.